The second-order valence-corrected chi connectivity index (χ2v) is 5.47. The number of hydrogen-bond acceptors (Lipinski definition) is 7. The van der Waals surface area contributed by atoms with Gasteiger partial charge in [-0.3, -0.25) is 0 Å². The van der Waals surface area contributed by atoms with Gasteiger partial charge in [-0.15, -0.1) is 4.91 Å². The molecule has 21 heavy (non-hydrogen) atoms. The highest BCUT2D eigenvalue weighted by atomic mass is 16.3. The molecule has 8 nitrogen and oxygen atoms in total. The summed E-state index contributed by atoms with van der Waals surface area (Å²) in [6.07, 6.45) is -0.0577. The van der Waals surface area contributed by atoms with Crippen LogP contribution < -0.4 is 0 Å². The molecule has 1 aliphatic rings. The first-order valence-electron chi connectivity index (χ1n) is 6.31. The van der Waals surface area contributed by atoms with E-state index in [0.29, 0.717) is 0 Å². The number of hydrogen-bond donors (Lipinski definition) is 0. The lowest BCUT2D eigenvalue weighted by molar-refractivity contribution is -0.0802. The molecule has 108 valence electrons. The van der Waals surface area contributed by atoms with Crippen LogP contribution in [-0.2, 0) is 0 Å². The number of nitrogens with zero attached hydrogens (tertiary/aromatic N) is 7. The Morgan fingerprint density at radius 3 is 1.86 bits per heavy atom. The van der Waals surface area contributed by atoms with E-state index in [1.54, 1.807) is 21.0 Å². The monoisotopic (exact) mass is 285 g/mol. The minimum atomic E-state index is -1.64. The van der Waals surface area contributed by atoms with Crippen molar-refractivity contribution in [2.45, 2.75) is 25.8 Å². The summed E-state index contributed by atoms with van der Waals surface area (Å²) < 4.78 is 0. The van der Waals surface area contributed by atoms with Crippen LogP contribution in [0.4, 0.5) is 0 Å². The summed E-state index contributed by atoms with van der Waals surface area (Å²) >= 11 is 0. The normalized spacial score (nSPS) is 25.7. The van der Waals surface area contributed by atoms with Gasteiger partial charge in [0.05, 0.1) is 29.6 Å². The third kappa shape index (κ3) is 2.38. The lowest BCUT2D eigenvalue weighted by Gasteiger charge is -2.46. The quantitative estimate of drug-likeness (QED) is 0.564. The van der Waals surface area contributed by atoms with E-state index in [0.717, 1.165) is 5.12 Å². The molecule has 0 aromatic carbocycles. The van der Waals surface area contributed by atoms with E-state index in [4.69, 9.17) is 0 Å². The predicted molar refractivity (Wildman–Crippen MR) is 70.8 cm³/mol. The smallest absolute Gasteiger partial charge is 0.169 e. The van der Waals surface area contributed by atoms with Gasteiger partial charge in [0.1, 0.15) is 11.5 Å². The third-order valence-corrected chi connectivity index (χ3v) is 4.11. The van der Waals surface area contributed by atoms with Crippen LogP contribution in [0.25, 0.3) is 0 Å². The van der Waals surface area contributed by atoms with Gasteiger partial charge >= 0.3 is 0 Å². The summed E-state index contributed by atoms with van der Waals surface area (Å²) in [4.78, 5) is 11.1. The van der Waals surface area contributed by atoms with Gasteiger partial charge in [-0.25, -0.2) is 5.01 Å². The van der Waals surface area contributed by atoms with E-state index in [9.17, 15) is 26.0 Å². The molecule has 0 spiro atoms. The van der Waals surface area contributed by atoms with Crippen molar-refractivity contribution in [3.63, 3.8) is 0 Å². The van der Waals surface area contributed by atoms with Crippen LogP contribution in [0.5, 0.6) is 0 Å². The molecule has 0 N–H and O–H groups in total. The average molecular weight is 285 g/mol. The topological polar surface area (TPSA) is 131 Å². The van der Waals surface area contributed by atoms with Crippen LogP contribution in [-0.4, -0.2) is 30.3 Å². The number of nitroso groups, excluding NO2 is 1. The molecule has 0 saturated heterocycles. The van der Waals surface area contributed by atoms with Crippen molar-refractivity contribution in [1.82, 2.24) is 10.1 Å². The van der Waals surface area contributed by atoms with E-state index in [1.807, 2.05) is 24.3 Å². The standard InChI is InChI=1S/C13H15N7O/c1-10-4-11(20(18-21)19(2)3)13(8-16,9-17)5-12(10,6-14)7-15/h10-11H,4-5H2,1-3H3/t10-,11+/m0/s1. The van der Waals surface area contributed by atoms with E-state index in [1.165, 1.54) is 5.01 Å². The van der Waals surface area contributed by atoms with E-state index < -0.39 is 22.8 Å². The summed E-state index contributed by atoms with van der Waals surface area (Å²) in [5, 5.41) is 42.9. The molecule has 1 rings (SSSR count). The lowest BCUT2D eigenvalue weighted by atomic mass is 9.57. The molecule has 0 aromatic rings. The van der Waals surface area contributed by atoms with Gasteiger partial charge in [-0.05, 0) is 12.3 Å². The Morgan fingerprint density at radius 2 is 1.52 bits per heavy atom. The Morgan fingerprint density at radius 1 is 1.05 bits per heavy atom. The fraction of sp³-hybridized carbons (Fsp3) is 0.692. The minimum Gasteiger partial charge on any atom is -0.208 e. The minimum absolute atomic E-state index is 0.173. The molecule has 1 aliphatic carbocycles. The van der Waals surface area contributed by atoms with Crippen LogP contribution in [0.15, 0.2) is 5.29 Å². The number of rotatable bonds is 3. The molecule has 0 aromatic heterocycles. The molecule has 0 heterocycles. The summed E-state index contributed by atoms with van der Waals surface area (Å²) in [5.74, 6) is -0.392. The van der Waals surface area contributed by atoms with Crippen LogP contribution in [0.2, 0.25) is 0 Å². The van der Waals surface area contributed by atoms with Crippen molar-refractivity contribution in [3.05, 3.63) is 4.91 Å². The lowest BCUT2D eigenvalue weighted by Crippen LogP contribution is -2.56. The average Bonchev–Trinajstić information content (AvgIpc) is 2.49. The zero-order valence-electron chi connectivity index (χ0n) is 12.1. The van der Waals surface area contributed by atoms with Crippen LogP contribution >= 0.6 is 0 Å². The van der Waals surface area contributed by atoms with Gasteiger partial charge in [-0.2, -0.15) is 26.2 Å². The maximum absolute atomic E-state index is 11.1. The van der Waals surface area contributed by atoms with Crippen molar-refractivity contribution in [2.75, 3.05) is 14.1 Å². The molecule has 1 fully saturated rings. The second kappa shape index (κ2) is 5.75. The maximum Gasteiger partial charge on any atom is 0.169 e. The summed E-state index contributed by atoms with van der Waals surface area (Å²) in [7, 11) is 3.14. The SMILES string of the molecule is C[C@H]1C[C@@H](N(N=O)N(C)C)C(C#N)(C#N)CC1(C#N)C#N. The highest BCUT2D eigenvalue weighted by Crippen LogP contribution is 2.50. The summed E-state index contributed by atoms with van der Waals surface area (Å²) in [6, 6.07) is 6.88. The Balaban J connectivity index is 3.41. The zero-order chi connectivity index (χ0) is 16.3. The van der Waals surface area contributed by atoms with Crippen LogP contribution in [0.3, 0.4) is 0 Å². The second-order valence-electron chi connectivity index (χ2n) is 5.47. The van der Waals surface area contributed by atoms with E-state index >= 15 is 0 Å². The largest absolute Gasteiger partial charge is 0.208 e. The van der Waals surface area contributed by atoms with E-state index in [2.05, 4.69) is 5.29 Å². The highest BCUT2D eigenvalue weighted by Gasteiger charge is 2.58. The van der Waals surface area contributed by atoms with Gasteiger partial charge in [0.2, 0.25) is 0 Å². The van der Waals surface area contributed by atoms with Gasteiger partial charge in [-0.1, -0.05) is 6.92 Å². The molecule has 0 bridgehead atoms. The summed E-state index contributed by atoms with van der Waals surface area (Å²) in [6.45, 7) is 1.71. The Labute approximate surface area is 123 Å². The first-order valence-corrected chi connectivity index (χ1v) is 6.31. The molecule has 8 heteroatoms. The van der Waals surface area contributed by atoms with Crippen LogP contribution in [0.1, 0.15) is 19.8 Å². The molecular formula is C13H15N7O. The van der Waals surface area contributed by atoms with Crippen molar-refractivity contribution < 1.29 is 0 Å². The fourth-order valence-electron chi connectivity index (χ4n) is 2.75. The Kier molecular flexibility index (Phi) is 4.48. The Hall–Kier alpha value is -2.68. The maximum atomic E-state index is 11.1. The van der Waals surface area contributed by atoms with E-state index in [-0.39, 0.29) is 12.8 Å². The third-order valence-electron chi connectivity index (χ3n) is 4.11. The van der Waals surface area contributed by atoms with Gasteiger partial charge in [0.25, 0.3) is 0 Å². The molecule has 2 atom stereocenters. The van der Waals surface area contributed by atoms with Crippen molar-refractivity contribution in [2.24, 2.45) is 22.0 Å². The zero-order valence-corrected chi connectivity index (χ0v) is 12.1. The first-order chi connectivity index (χ1) is 9.86. The first kappa shape index (κ1) is 16.4. The number of hydrazine groups is 1. The van der Waals surface area contributed by atoms with Gasteiger partial charge in [0, 0.05) is 20.5 Å². The van der Waals surface area contributed by atoms with Crippen molar-refractivity contribution >= 4 is 0 Å². The molecule has 0 unspecified atom stereocenters. The van der Waals surface area contributed by atoms with Crippen LogP contribution in [0, 0.1) is 67.0 Å². The van der Waals surface area contributed by atoms with Gasteiger partial charge < -0.3 is 0 Å². The molecule has 0 amide bonds. The molecular weight excluding hydrogens is 270 g/mol. The highest BCUT2D eigenvalue weighted by molar-refractivity contribution is 5.30. The van der Waals surface area contributed by atoms with Crippen molar-refractivity contribution in [1.29, 1.82) is 21.0 Å². The van der Waals surface area contributed by atoms with Crippen molar-refractivity contribution in [3.8, 4) is 24.3 Å². The van der Waals surface area contributed by atoms with Gasteiger partial charge in [0.15, 0.2) is 5.41 Å². The predicted octanol–water partition coefficient (Wildman–Crippen LogP) is 1.31. The molecule has 0 radical (unpaired) electrons. The number of nitriles is 4. The summed E-state index contributed by atoms with van der Waals surface area (Å²) in [5.41, 5.74) is -3.06. The molecule has 0 aliphatic heterocycles. The Bertz CT molecular complexity index is 558. The molecule has 1 saturated carbocycles. The fourth-order valence-corrected chi connectivity index (χ4v) is 2.75.